The van der Waals surface area contributed by atoms with Gasteiger partial charge in [-0.1, -0.05) is 0 Å². The fourth-order valence-corrected chi connectivity index (χ4v) is 0.473. The maximum absolute atomic E-state index is 10.1. The van der Waals surface area contributed by atoms with Crippen molar-refractivity contribution in [3.63, 3.8) is 0 Å². The SMILES string of the molecule is NC(=O)NCn1cncn1. The van der Waals surface area contributed by atoms with Gasteiger partial charge in [-0.15, -0.1) is 0 Å². The lowest BCUT2D eigenvalue weighted by atomic mass is 10.9. The molecule has 10 heavy (non-hydrogen) atoms. The Kier molecular flexibility index (Phi) is 1.83. The van der Waals surface area contributed by atoms with Gasteiger partial charge in [0.15, 0.2) is 0 Å². The average molecular weight is 141 g/mol. The lowest BCUT2D eigenvalue weighted by molar-refractivity contribution is 0.245. The van der Waals surface area contributed by atoms with Crippen molar-refractivity contribution in [3.05, 3.63) is 12.7 Å². The number of nitrogens with one attached hydrogen (secondary N) is 1. The van der Waals surface area contributed by atoms with E-state index < -0.39 is 6.03 Å². The van der Waals surface area contributed by atoms with Crippen LogP contribution < -0.4 is 11.1 Å². The molecule has 6 nitrogen and oxygen atoms in total. The van der Waals surface area contributed by atoms with Crippen molar-refractivity contribution >= 4 is 6.03 Å². The number of aromatic nitrogens is 3. The van der Waals surface area contributed by atoms with E-state index in [4.69, 9.17) is 5.73 Å². The number of hydrogen-bond acceptors (Lipinski definition) is 3. The van der Waals surface area contributed by atoms with E-state index >= 15 is 0 Å². The Morgan fingerprint density at radius 1 is 1.80 bits per heavy atom. The van der Waals surface area contributed by atoms with Crippen molar-refractivity contribution in [1.29, 1.82) is 0 Å². The van der Waals surface area contributed by atoms with Crippen LogP contribution in [0.15, 0.2) is 12.7 Å². The van der Waals surface area contributed by atoms with Crippen molar-refractivity contribution in [2.45, 2.75) is 6.67 Å². The van der Waals surface area contributed by atoms with Gasteiger partial charge in [-0.05, 0) is 0 Å². The molecule has 0 spiro atoms. The van der Waals surface area contributed by atoms with Gasteiger partial charge < -0.3 is 11.1 Å². The Morgan fingerprint density at radius 2 is 2.60 bits per heavy atom. The lowest BCUT2D eigenvalue weighted by Crippen LogP contribution is -2.31. The van der Waals surface area contributed by atoms with E-state index in [-0.39, 0.29) is 6.67 Å². The van der Waals surface area contributed by atoms with Crippen LogP contribution in [0, 0.1) is 0 Å². The first-order chi connectivity index (χ1) is 4.79. The van der Waals surface area contributed by atoms with E-state index in [1.54, 1.807) is 0 Å². The zero-order valence-electron chi connectivity index (χ0n) is 5.19. The summed E-state index contributed by atoms with van der Waals surface area (Å²) in [6, 6.07) is -0.574. The maximum Gasteiger partial charge on any atom is 0.313 e. The number of nitrogens with two attached hydrogens (primary N) is 1. The normalized spacial score (nSPS) is 9.20. The number of carbonyl (C=O) groups is 1. The van der Waals surface area contributed by atoms with Gasteiger partial charge in [0.2, 0.25) is 0 Å². The van der Waals surface area contributed by atoms with Crippen LogP contribution in [0.5, 0.6) is 0 Å². The molecule has 3 N–H and O–H groups in total. The molecular weight excluding hydrogens is 134 g/mol. The van der Waals surface area contributed by atoms with Crippen LogP contribution in [0.25, 0.3) is 0 Å². The predicted molar refractivity (Wildman–Crippen MR) is 32.7 cm³/mol. The van der Waals surface area contributed by atoms with E-state index in [0.29, 0.717) is 0 Å². The van der Waals surface area contributed by atoms with Crippen LogP contribution in [-0.2, 0) is 6.67 Å². The standard InChI is InChI=1S/C4H7N5O/c5-4(10)7-3-9-2-6-1-8-9/h1-2H,3H2,(H3,5,7,10). The largest absolute Gasteiger partial charge is 0.352 e. The molecule has 0 saturated heterocycles. The molecule has 1 aromatic heterocycles. The molecule has 0 bridgehead atoms. The highest BCUT2D eigenvalue weighted by Gasteiger charge is 1.91. The molecule has 0 atom stereocenters. The van der Waals surface area contributed by atoms with Crippen molar-refractivity contribution in [1.82, 2.24) is 20.1 Å². The smallest absolute Gasteiger partial charge is 0.313 e. The summed E-state index contributed by atoms with van der Waals surface area (Å²) in [5, 5.41) is 6.07. The average Bonchev–Trinajstić information content (AvgIpc) is 2.34. The maximum atomic E-state index is 10.1. The number of amides is 2. The van der Waals surface area contributed by atoms with Crippen LogP contribution in [0.4, 0.5) is 4.79 Å². The third-order valence-electron chi connectivity index (χ3n) is 0.882. The number of carbonyl (C=O) groups excluding carboxylic acids is 1. The first-order valence-corrected chi connectivity index (χ1v) is 2.65. The van der Waals surface area contributed by atoms with Crippen LogP contribution in [0.1, 0.15) is 0 Å². The molecule has 0 radical (unpaired) electrons. The molecule has 2 amide bonds. The van der Waals surface area contributed by atoms with Gasteiger partial charge in [0.1, 0.15) is 19.3 Å². The summed E-state index contributed by atoms with van der Waals surface area (Å²) in [5.74, 6) is 0. The highest BCUT2D eigenvalue weighted by Crippen LogP contribution is 1.74. The monoisotopic (exact) mass is 141 g/mol. The van der Waals surface area contributed by atoms with Crippen LogP contribution >= 0.6 is 0 Å². The Bertz CT molecular complexity index is 205. The molecule has 1 rings (SSSR count). The molecule has 6 heteroatoms. The van der Waals surface area contributed by atoms with Gasteiger partial charge in [-0.25, -0.2) is 14.5 Å². The van der Waals surface area contributed by atoms with Gasteiger partial charge >= 0.3 is 6.03 Å². The number of rotatable bonds is 2. The van der Waals surface area contributed by atoms with Crippen LogP contribution in [-0.4, -0.2) is 20.8 Å². The first-order valence-electron chi connectivity index (χ1n) is 2.65. The Morgan fingerprint density at radius 3 is 3.10 bits per heavy atom. The molecule has 54 valence electrons. The highest BCUT2D eigenvalue weighted by molar-refractivity contribution is 5.71. The molecular formula is C4H7N5O. The zero-order valence-corrected chi connectivity index (χ0v) is 5.19. The lowest BCUT2D eigenvalue weighted by Gasteiger charge is -1.98. The summed E-state index contributed by atoms with van der Waals surface area (Å²) in [4.78, 5) is 13.8. The minimum atomic E-state index is -0.574. The quantitative estimate of drug-likeness (QED) is 0.548. The van der Waals surface area contributed by atoms with E-state index in [9.17, 15) is 4.79 Å². The third-order valence-corrected chi connectivity index (χ3v) is 0.882. The molecule has 0 saturated carbocycles. The fraction of sp³-hybridized carbons (Fsp3) is 0.250. The zero-order chi connectivity index (χ0) is 7.40. The number of nitrogens with zero attached hydrogens (tertiary/aromatic N) is 3. The third kappa shape index (κ3) is 1.73. The Hall–Kier alpha value is -1.59. The van der Waals surface area contributed by atoms with Crippen molar-refractivity contribution in [2.75, 3.05) is 0 Å². The summed E-state index contributed by atoms with van der Waals surface area (Å²) in [7, 11) is 0. The minimum absolute atomic E-state index is 0.259. The van der Waals surface area contributed by atoms with Crippen molar-refractivity contribution < 1.29 is 4.79 Å². The van der Waals surface area contributed by atoms with E-state index in [1.165, 1.54) is 17.3 Å². The molecule has 0 aliphatic heterocycles. The second-order valence-corrected chi connectivity index (χ2v) is 1.63. The molecule has 1 aromatic rings. The van der Waals surface area contributed by atoms with Gasteiger partial charge in [0, 0.05) is 0 Å². The molecule has 0 fully saturated rings. The van der Waals surface area contributed by atoms with Gasteiger partial charge in [0.25, 0.3) is 0 Å². The Balaban J connectivity index is 2.35. The number of primary amides is 1. The molecule has 0 aromatic carbocycles. The van der Waals surface area contributed by atoms with Crippen molar-refractivity contribution in [3.8, 4) is 0 Å². The minimum Gasteiger partial charge on any atom is -0.352 e. The van der Waals surface area contributed by atoms with Gasteiger partial charge in [0.05, 0.1) is 0 Å². The molecule has 1 heterocycles. The summed E-state index contributed by atoms with van der Waals surface area (Å²) >= 11 is 0. The summed E-state index contributed by atoms with van der Waals surface area (Å²) in [6.07, 6.45) is 2.86. The Labute approximate surface area is 57.0 Å². The number of hydrogen-bond donors (Lipinski definition) is 2. The van der Waals surface area contributed by atoms with Crippen molar-refractivity contribution in [2.24, 2.45) is 5.73 Å². The van der Waals surface area contributed by atoms with E-state index in [2.05, 4.69) is 15.4 Å². The molecule has 0 aliphatic rings. The van der Waals surface area contributed by atoms with E-state index in [0.717, 1.165) is 0 Å². The van der Waals surface area contributed by atoms with Crippen LogP contribution in [0.2, 0.25) is 0 Å². The second kappa shape index (κ2) is 2.81. The van der Waals surface area contributed by atoms with Gasteiger partial charge in [-0.2, -0.15) is 5.10 Å². The molecule has 0 aliphatic carbocycles. The van der Waals surface area contributed by atoms with E-state index in [1.807, 2.05) is 0 Å². The predicted octanol–water partition coefficient (Wildman–Crippen LogP) is -1.10. The first kappa shape index (κ1) is 6.53. The summed E-state index contributed by atoms with van der Waals surface area (Å²) in [6.45, 7) is 0.259. The second-order valence-electron chi connectivity index (χ2n) is 1.63. The van der Waals surface area contributed by atoms with Crippen LogP contribution in [0.3, 0.4) is 0 Å². The summed E-state index contributed by atoms with van der Waals surface area (Å²) in [5.41, 5.74) is 4.80. The highest BCUT2D eigenvalue weighted by atomic mass is 16.2. The summed E-state index contributed by atoms with van der Waals surface area (Å²) < 4.78 is 1.45. The number of urea groups is 1. The topological polar surface area (TPSA) is 85.8 Å². The van der Waals surface area contributed by atoms with Gasteiger partial charge in [-0.3, -0.25) is 0 Å². The fourth-order valence-electron chi connectivity index (χ4n) is 0.473. The molecule has 0 unspecified atom stereocenters.